The zero-order valence-electron chi connectivity index (χ0n) is 15.4. The zero-order chi connectivity index (χ0) is 16.9. The molecule has 0 spiro atoms. The van der Waals surface area contributed by atoms with Crippen molar-refractivity contribution in [2.24, 2.45) is 0 Å². The summed E-state index contributed by atoms with van der Waals surface area (Å²) in [4.78, 5) is 4.89. The van der Waals surface area contributed by atoms with Crippen LogP contribution >= 0.6 is 0 Å². The second-order valence-corrected chi connectivity index (χ2v) is 6.95. The summed E-state index contributed by atoms with van der Waals surface area (Å²) in [5, 5.41) is 0. The van der Waals surface area contributed by atoms with Gasteiger partial charge in [0.2, 0.25) is 0 Å². The van der Waals surface area contributed by atoms with E-state index in [1.165, 1.54) is 11.3 Å². The molecule has 0 saturated carbocycles. The standard InChI is InChI=1S/C19H32N2O2/c1-6-19(2,3)16-7-8-17(18(15-16)23-5)21-11-9-20(10-12-21)13-14-22-4/h7-8,15H,6,9-14H2,1-5H3. The lowest BCUT2D eigenvalue weighted by Gasteiger charge is -2.37. The molecular formula is C19H32N2O2. The zero-order valence-corrected chi connectivity index (χ0v) is 15.4. The first-order valence-corrected chi connectivity index (χ1v) is 8.66. The molecule has 0 N–H and O–H groups in total. The van der Waals surface area contributed by atoms with E-state index in [9.17, 15) is 0 Å². The number of benzene rings is 1. The number of ether oxygens (including phenoxy) is 2. The number of piperazine rings is 1. The van der Waals surface area contributed by atoms with Crippen LogP contribution in [0.15, 0.2) is 18.2 Å². The van der Waals surface area contributed by atoms with E-state index in [-0.39, 0.29) is 5.41 Å². The Bertz CT molecular complexity index is 494. The van der Waals surface area contributed by atoms with Gasteiger partial charge in [-0.05, 0) is 29.5 Å². The third-order valence-electron chi connectivity index (χ3n) is 5.17. The van der Waals surface area contributed by atoms with Crippen molar-refractivity contribution >= 4 is 5.69 Å². The first-order chi connectivity index (χ1) is 11.0. The van der Waals surface area contributed by atoms with Gasteiger partial charge >= 0.3 is 0 Å². The van der Waals surface area contributed by atoms with Crippen LogP contribution in [-0.4, -0.2) is 58.5 Å². The van der Waals surface area contributed by atoms with Gasteiger partial charge in [-0.3, -0.25) is 4.90 Å². The van der Waals surface area contributed by atoms with Gasteiger partial charge in [-0.2, -0.15) is 0 Å². The number of rotatable bonds is 7. The van der Waals surface area contributed by atoms with E-state index in [0.717, 1.165) is 51.5 Å². The fraction of sp³-hybridized carbons (Fsp3) is 0.684. The molecule has 4 nitrogen and oxygen atoms in total. The number of hydrogen-bond donors (Lipinski definition) is 0. The normalized spacial score (nSPS) is 16.7. The number of nitrogens with zero attached hydrogens (tertiary/aromatic N) is 2. The minimum absolute atomic E-state index is 0.185. The summed E-state index contributed by atoms with van der Waals surface area (Å²) in [6.07, 6.45) is 1.12. The SMILES string of the molecule is CCC(C)(C)c1ccc(N2CCN(CCOC)CC2)c(OC)c1. The summed E-state index contributed by atoms with van der Waals surface area (Å²) in [5.41, 5.74) is 2.75. The molecule has 0 atom stereocenters. The number of anilines is 1. The van der Waals surface area contributed by atoms with Crippen molar-refractivity contribution in [3.63, 3.8) is 0 Å². The molecule has 0 aromatic heterocycles. The summed E-state index contributed by atoms with van der Waals surface area (Å²) < 4.78 is 10.9. The van der Waals surface area contributed by atoms with Gasteiger partial charge < -0.3 is 14.4 Å². The van der Waals surface area contributed by atoms with Gasteiger partial charge in [0.1, 0.15) is 5.75 Å². The molecule has 0 unspecified atom stereocenters. The Kier molecular flexibility index (Phi) is 6.31. The van der Waals surface area contributed by atoms with Crippen LogP contribution in [0, 0.1) is 0 Å². The number of hydrogen-bond acceptors (Lipinski definition) is 4. The van der Waals surface area contributed by atoms with Crippen LogP contribution in [0.4, 0.5) is 5.69 Å². The fourth-order valence-electron chi connectivity index (χ4n) is 3.00. The summed E-state index contributed by atoms with van der Waals surface area (Å²) >= 11 is 0. The molecule has 0 radical (unpaired) electrons. The molecule has 130 valence electrons. The Morgan fingerprint density at radius 3 is 2.35 bits per heavy atom. The highest BCUT2D eigenvalue weighted by Crippen LogP contribution is 2.35. The molecule has 0 bridgehead atoms. The first kappa shape index (κ1) is 18.1. The highest BCUT2D eigenvalue weighted by Gasteiger charge is 2.23. The molecule has 2 rings (SSSR count). The molecule has 1 aliphatic heterocycles. The van der Waals surface area contributed by atoms with E-state index in [2.05, 4.69) is 48.8 Å². The van der Waals surface area contributed by atoms with Crippen molar-refractivity contribution in [1.82, 2.24) is 4.90 Å². The van der Waals surface area contributed by atoms with Crippen LogP contribution in [0.1, 0.15) is 32.8 Å². The Balaban J connectivity index is 2.09. The van der Waals surface area contributed by atoms with Crippen molar-refractivity contribution < 1.29 is 9.47 Å². The molecule has 1 aromatic carbocycles. The van der Waals surface area contributed by atoms with E-state index in [4.69, 9.17) is 9.47 Å². The van der Waals surface area contributed by atoms with E-state index in [0.29, 0.717) is 0 Å². The van der Waals surface area contributed by atoms with Gasteiger partial charge in [-0.15, -0.1) is 0 Å². The minimum Gasteiger partial charge on any atom is -0.495 e. The van der Waals surface area contributed by atoms with Crippen LogP contribution < -0.4 is 9.64 Å². The molecule has 0 aliphatic carbocycles. The van der Waals surface area contributed by atoms with Crippen molar-refractivity contribution in [2.75, 3.05) is 58.5 Å². The van der Waals surface area contributed by atoms with Crippen LogP contribution in [0.2, 0.25) is 0 Å². The monoisotopic (exact) mass is 320 g/mol. The summed E-state index contributed by atoms with van der Waals surface area (Å²) in [7, 11) is 3.54. The maximum absolute atomic E-state index is 5.70. The summed E-state index contributed by atoms with van der Waals surface area (Å²) in [6.45, 7) is 12.9. The first-order valence-electron chi connectivity index (χ1n) is 8.66. The molecule has 23 heavy (non-hydrogen) atoms. The van der Waals surface area contributed by atoms with E-state index in [1.807, 2.05) is 0 Å². The maximum atomic E-state index is 5.70. The summed E-state index contributed by atoms with van der Waals surface area (Å²) in [5.74, 6) is 0.995. The van der Waals surface area contributed by atoms with Gasteiger partial charge in [-0.1, -0.05) is 26.8 Å². The third-order valence-corrected chi connectivity index (χ3v) is 5.17. The van der Waals surface area contributed by atoms with Crippen LogP contribution in [0.3, 0.4) is 0 Å². The topological polar surface area (TPSA) is 24.9 Å². The maximum Gasteiger partial charge on any atom is 0.142 e. The molecule has 1 fully saturated rings. The van der Waals surface area contributed by atoms with E-state index in [1.54, 1.807) is 14.2 Å². The lowest BCUT2D eigenvalue weighted by molar-refractivity contribution is 0.144. The minimum atomic E-state index is 0.185. The Morgan fingerprint density at radius 1 is 1.09 bits per heavy atom. The van der Waals surface area contributed by atoms with Gasteiger partial charge in [0.15, 0.2) is 0 Å². The molecule has 0 amide bonds. The van der Waals surface area contributed by atoms with Crippen molar-refractivity contribution in [3.8, 4) is 5.75 Å². The Morgan fingerprint density at radius 2 is 1.78 bits per heavy atom. The molecule has 4 heteroatoms. The van der Waals surface area contributed by atoms with Gasteiger partial charge in [0.25, 0.3) is 0 Å². The quantitative estimate of drug-likeness (QED) is 0.770. The van der Waals surface area contributed by atoms with Crippen LogP contribution in [0.5, 0.6) is 5.75 Å². The smallest absolute Gasteiger partial charge is 0.142 e. The lowest BCUT2D eigenvalue weighted by Crippen LogP contribution is -2.47. The molecule has 1 aromatic rings. The van der Waals surface area contributed by atoms with E-state index < -0.39 is 0 Å². The Labute approximate surface area is 141 Å². The van der Waals surface area contributed by atoms with Gasteiger partial charge in [-0.25, -0.2) is 0 Å². The fourth-order valence-corrected chi connectivity index (χ4v) is 3.00. The van der Waals surface area contributed by atoms with Crippen LogP contribution in [-0.2, 0) is 10.2 Å². The van der Waals surface area contributed by atoms with Crippen molar-refractivity contribution in [2.45, 2.75) is 32.6 Å². The number of methoxy groups -OCH3 is 2. The highest BCUT2D eigenvalue weighted by molar-refractivity contribution is 5.60. The predicted molar refractivity (Wildman–Crippen MR) is 96.8 cm³/mol. The van der Waals surface area contributed by atoms with Gasteiger partial charge in [0.05, 0.1) is 19.4 Å². The summed E-state index contributed by atoms with van der Waals surface area (Å²) in [6, 6.07) is 6.71. The second-order valence-electron chi connectivity index (χ2n) is 6.95. The average molecular weight is 320 g/mol. The predicted octanol–water partition coefficient (Wildman–Crippen LogP) is 3.15. The van der Waals surface area contributed by atoms with Crippen molar-refractivity contribution in [3.05, 3.63) is 23.8 Å². The Hall–Kier alpha value is -1.26. The largest absolute Gasteiger partial charge is 0.495 e. The molecular weight excluding hydrogens is 288 g/mol. The second kappa shape index (κ2) is 8.02. The molecule has 1 saturated heterocycles. The van der Waals surface area contributed by atoms with Crippen LogP contribution in [0.25, 0.3) is 0 Å². The van der Waals surface area contributed by atoms with E-state index >= 15 is 0 Å². The molecule has 1 heterocycles. The third kappa shape index (κ3) is 4.39. The molecule has 1 aliphatic rings. The highest BCUT2D eigenvalue weighted by atomic mass is 16.5. The average Bonchev–Trinajstić information content (AvgIpc) is 2.59. The lowest BCUT2D eigenvalue weighted by atomic mass is 9.82. The van der Waals surface area contributed by atoms with Gasteiger partial charge in [0, 0.05) is 39.8 Å². The van der Waals surface area contributed by atoms with Crippen molar-refractivity contribution in [1.29, 1.82) is 0 Å².